The maximum absolute atomic E-state index is 11.7. The number of benzene rings is 1. The lowest BCUT2D eigenvalue weighted by molar-refractivity contribution is 0.593. The van der Waals surface area contributed by atoms with E-state index in [0.717, 1.165) is 17.4 Å². The Bertz CT molecular complexity index is 1060. The predicted octanol–water partition coefficient (Wildman–Crippen LogP) is 1.20. The highest BCUT2D eigenvalue weighted by Crippen LogP contribution is 2.30. The highest BCUT2D eigenvalue weighted by atomic mass is 35.5. The normalized spacial score (nSPS) is 12.0. The fraction of sp³-hybridized carbons (Fsp3) is 0.214. The number of nitrogens with two attached hydrogens (primary N) is 2. The molecule has 0 saturated heterocycles. The van der Waals surface area contributed by atoms with Crippen LogP contribution in [0.25, 0.3) is 17.0 Å². The average molecular weight is 367 g/mol. The molecule has 2 heterocycles. The Morgan fingerprint density at radius 2 is 2.00 bits per heavy atom. The maximum Gasteiger partial charge on any atom is 0.268 e. The van der Waals surface area contributed by atoms with E-state index in [1.165, 1.54) is 4.52 Å². The topological polar surface area (TPSA) is 129 Å². The van der Waals surface area contributed by atoms with Gasteiger partial charge in [0.05, 0.1) is 5.69 Å². The summed E-state index contributed by atoms with van der Waals surface area (Å²) in [6, 6.07) is 5.34. The molecule has 0 aliphatic rings. The number of nitrogen functional groups attached to an aromatic ring is 1. The number of anilines is 1. The quantitative estimate of drug-likeness (QED) is 0.712. The summed E-state index contributed by atoms with van der Waals surface area (Å²) < 4.78 is 24.5. The first kappa shape index (κ1) is 16.6. The van der Waals surface area contributed by atoms with Gasteiger partial charge >= 0.3 is 0 Å². The molecule has 0 fully saturated rings. The van der Waals surface area contributed by atoms with Crippen LogP contribution in [-0.2, 0) is 16.4 Å². The zero-order valence-electron chi connectivity index (χ0n) is 13.0. The number of hydrogen-bond acceptors (Lipinski definition) is 7. The number of rotatable bonds is 3. The van der Waals surface area contributed by atoms with Gasteiger partial charge in [-0.2, -0.15) is 9.50 Å². The smallest absolute Gasteiger partial charge is 0.268 e. The van der Waals surface area contributed by atoms with Gasteiger partial charge in [-0.05, 0) is 24.6 Å². The van der Waals surface area contributed by atoms with Crippen LogP contribution >= 0.6 is 11.6 Å². The molecule has 0 spiro atoms. The van der Waals surface area contributed by atoms with Crippen LogP contribution in [0.1, 0.15) is 11.1 Å². The molecule has 24 heavy (non-hydrogen) atoms. The molecule has 0 aliphatic heterocycles. The SMILES string of the molecule is Cc1cc(Cl)ccc1-c1nc2nc(S(C)(=O)=O)nn2c(N)c1CN. The molecule has 4 N–H and O–H groups in total. The summed E-state index contributed by atoms with van der Waals surface area (Å²) in [7, 11) is -3.58. The Hall–Kier alpha value is -2.23. The minimum Gasteiger partial charge on any atom is -0.383 e. The standard InChI is InChI=1S/C14H15ClN6O2S/c1-7-5-8(15)3-4-9(7)11-10(6-16)12(17)21-13(18-11)19-14(20-21)24(2,22)23/h3-5H,6,16-17H2,1-2H3. The van der Waals surface area contributed by atoms with Crippen LogP contribution in [0.4, 0.5) is 5.82 Å². The van der Waals surface area contributed by atoms with Gasteiger partial charge in [-0.15, -0.1) is 5.10 Å². The Morgan fingerprint density at radius 3 is 2.58 bits per heavy atom. The molecule has 1 aromatic carbocycles. The number of fused-ring (bicyclic) bond motifs is 1. The summed E-state index contributed by atoms with van der Waals surface area (Å²) in [5.41, 5.74) is 14.7. The molecule has 10 heteroatoms. The van der Waals surface area contributed by atoms with E-state index < -0.39 is 9.84 Å². The molecular weight excluding hydrogens is 352 g/mol. The van der Waals surface area contributed by atoms with E-state index in [-0.39, 0.29) is 23.3 Å². The second-order valence-electron chi connectivity index (χ2n) is 5.37. The summed E-state index contributed by atoms with van der Waals surface area (Å²) in [4.78, 5) is 8.38. The second-order valence-corrected chi connectivity index (χ2v) is 7.71. The molecule has 0 bridgehead atoms. The van der Waals surface area contributed by atoms with Gasteiger partial charge < -0.3 is 11.5 Å². The molecule has 0 saturated carbocycles. The van der Waals surface area contributed by atoms with Crippen molar-refractivity contribution in [2.45, 2.75) is 18.6 Å². The van der Waals surface area contributed by atoms with Crippen LogP contribution in [0.2, 0.25) is 5.02 Å². The van der Waals surface area contributed by atoms with Gasteiger partial charge in [0.25, 0.3) is 10.9 Å². The molecule has 0 unspecified atom stereocenters. The second kappa shape index (κ2) is 5.69. The zero-order valence-corrected chi connectivity index (χ0v) is 14.6. The van der Waals surface area contributed by atoms with Crippen molar-refractivity contribution < 1.29 is 8.42 Å². The van der Waals surface area contributed by atoms with E-state index in [0.29, 0.717) is 16.3 Å². The van der Waals surface area contributed by atoms with E-state index in [1.54, 1.807) is 12.1 Å². The molecule has 2 aromatic heterocycles. The van der Waals surface area contributed by atoms with Crippen LogP contribution < -0.4 is 11.5 Å². The van der Waals surface area contributed by atoms with Crippen LogP contribution in [0.3, 0.4) is 0 Å². The number of nitrogens with zero attached hydrogens (tertiary/aromatic N) is 4. The lowest BCUT2D eigenvalue weighted by Crippen LogP contribution is -2.12. The Labute approximate surface area is 143 Å². The Kier molecular flexibility index (Phi) is 3.94. The number of hydrogen-bond donors (Lipinski definition) is 2. The van der Waals surface area contributed by atoms with Gasteiger partial charge in [0, 0.05) is 29.0 Å². The fourth-order valence-electron chi connectivity index (χ4n) is 2.41. The zero-order chi connectivity index (χ0) is 17.6. The first-order chi connectivity index (χ1) is 11.2. The molecular formula is C14H15ClN6O2S. The number of halogens is 1. The van der Waals surface area contributed by atoms with Gasteiger partial charge in [0.2, 0.25) is 9.84 Å². The van der Waals surface area contributed by atoms with Crippen LogP contribution in [0, 0.1) is 6.92 Å². The van der Waals surface area contributed by atoms with Crippen LogP contribution in [0.5, 0.6) is 0 Å². The number of aromatic nitrogens is 4. The van der Waals surface area contributed by atoms with Crippen molar-refractivity contribution in [1.29, 1.82) is 0 Å². The van der Waals surface area contributed by atoms with E-state index in [2.05, 4.69) is 15.1 Å². The van der Waals surface area contributed by atoms with Crippen molar-refractivity contribution in [2.75, 3.05) is 12.0 Å². The van der Waals surface area contributed by atoms with Gasteiger partial charge in [0.1, 0.15) is 5.82 Å². The highest BCUT2D eigenvalue weighted by Gasteiger charge is 2.21. The molecule has 0 aliphatic carbocycles. The minimum absolute atomic E-state index is 0.0921. The average Bonchev–Trinajstić information content (AvgIpc) is 2.92. The van der Waals surface area contributed by atoms with Crippen molar-refractivity contribution in [3.63, 3.8) is 0 Å². The maximum atomic E-state index is 11.7. The Morgan fingerprint density at radius 1 is 1.29 bits per heavy atom. The molecule has 8 nitrogen and oxygen atoms in total. The van der Waals surface area contributed by atoms with E-state index in [9.17, 15) is 8.42 Å². The summed E-state index contributed by atoms with van der Waals surface area (Å²) >= 11 is 5.99. The summed E-state index contributed by atoms with van der Waals surface area (Å²) in [6.45, 7) is 2.00. The summed E-state index contributed by atoms with van der Waals surface area (Å²) in [6.07, 6.45) is 1.02. The van der Waals surface area contributed by atoms with Crippen molar-refractivity contribution in [2.24, 2.45) is 5.73 Å². The van der Waals surface area contributed by atoms with Gasteiger partial charge in [0.15, 0.2) is 0 Å². The minimum atomic E-state index is -3.58. The molecule has 126 valence electrons. The third kappa shape index (κ3) is 2.70. The van der Waals surface area contributed by atoms with Crippen LogP contribution in [-0.4, -0.2) is 34.3 Å². The van der Waals surface area contributed by atoms with E-state index >= 15 is 0 Å². The van der Waals surface area contributed by atoms with Gasteiger partial charge in [-0.25, -0.2) is 13.4 Å². The first-order valence-electron chi connectivity index (χ1n) is 6.94. The molecule has 0 atom stereocenters. The summed E-state index contributed by atoms with van der Waals surface area (Å²) in [5, 5.41) is 4.18. The first-order valence-corrected chi connectivity index (χ1v) is 9.21. The fourth-order valence-corrected chi connectivity index (χ4v) is 3.11. The van der Waals surface area contributed by atoms with E-state index in [1.807, 2.05) is 13.0 Å². The third-order valence-corrected chi connectivity index (χ3v) is 4.66. The largest absolute Gasteiger partial charge is 0.383 e. The molecule has 3 rings (SSSR count). The predicted molar refractivity (Wildman–Crippen MR) is 91.4 cm³/mol. The molecule has 3 aromatic rings. The number of aryl methyl sites for hydroxylation is 1. The summed E-state index contributed by atoms with van der Waals surface area (Å²) in [5.74, 6) is 0.295. The van der Waals surface area contributed by atoms with Gasteiger partial charge in [-0.3, -0.25) is 0 Å². The molecule has 0 amide bonds. The van der Waals surface area contributed by atoms with Crippen molar-refractivity contribution >= 4 is 33.0 Å². The molecule has 0 radical (unpaired) electrons. The van der Waals surface area contributed by atoms with E-state index in [4.69, 9.17) is 23.1 Å². The lowest BCUT2D eigenvalue weighted by atomic mass is 10.0. The Balaban J connectivity index is 2.36. The van der Waals surface area contributed by atoms with Crippen molar-refractivity contribution in [3.05, 3.63) is 34.3 Å². The van der Waals surface area contributed by atoms with Gasteiger partial charge in [-0.1, -0.05) is 17.7 Å². The van der Waals surface area contributed by atoms with Crippen LogP contribution in [0.15, 0.2) is 23.4 Å². The number of sulfone groups is 1. The van der Waals surface area contributed by atoms with Crippen molar-refractivity contribution in [1.82, 2.24) is 19.6 Å². The van der Waals surface area contributed by atoms with Crippen molar-refractivity contribution in [3.8, 4) is 11.3 Å². The highest BCUT2D eigenvalue weighted by molar-refractivity contribution is 7.90. The monoisotopic (exact) mass is 366 g/mol. The third-order valence-electron chi connectivity index (χ3n) is 3.59. The lowest BCUT2D eigenvalue weighted by Gasteiger charge is -2.13.